The molecule has 0 atom stereocenters. The van der Waals surface area contributed by atoms with Gasteiger partial charge in [-0.2, -0.15) is 0 Å². The lowest BCUT2D eigenvalue weighted by Crippen LogP contribution is -2.44. The Morgan fingerprint density at radius 3 is 2.50 bits per heavy atom. The van der Waals surface area contributed by atoms with Gasteiger partial charge in [0.05, 0.1) is 12.0 Å². The summed E-state index contributed by atoms with van der Waals surface area (Å²) in [5.74, 6) is -0.379. The highest BCUT2D eigenvalue weighted by Crippen LogP contribution is 2.35. The van der Waals surface area contributed by atoms with E-state index in [1.165, 1.54) is 18.2 Å². The average molecular weight is 586 g/mol. The summed E-state index contributed by atoms with van der Waals surface area (Å²) in [6.45, 7) is 2.55. The van der Waals surface area contributed by atoms with Gasteiger partial charge in [0.1, 0.15) is 6.54 Å². The summed E-state index contributed by atoms with van der Waals surface area (Å²) >= 11 is 0.792. The van der Waals surface area contributed by atoms with Crippen molar-refractivity contribution < 1.29 is 28.7 Å². The van der Waals surface area contributed by atoms with Crippen molar-refractivity contribution >= 4 is 46.5 Å². The molecule has 2 aliphatic heterocycles. The minimum Gasteiger partial charge on any atom is -0.493 e. The van der Waals surface area contributed by atoms with Gasteiger partial charge < -0.3 is 19.7 Å². The second kappa shape index (κ2) is 12.9. The number of hydrogen-bond acceptors (Lipinski definition) is 7. The summed E-state index contributed by atoms with van der Waals surface area (Å²) in [6.07, 6.45) is 3.23. The van der Waals surface area contributed by atoms with E-state index in [0.29, 0.717) is 35.8 Å². The first kappa shape index (κ1) is 28.9. The number of methoxy groups -OCH3 is 1. The third-order valence-corrected chi connectivity index (χ3v) is 8.05. The first-order valence-corrected chi connectivity index (χ1v) is 14.5. The van der Waals surface area contributed by atoms with Crippen molar-refractivity contribution in [3.63, 3.8) is 0 Å². The van der Waals surface area contributed by atoms with Crippen molar-refractivity contribution in [2.24, 2.45) is 0 Å². The fraction of sp³-hybridized carbons (Fsp3) is 0.250. The van der Waals surface area contributed by atoms with Crippen LogP contribution in [-0.4, -0.2) is 59.6 Å². The number of amides is 4. The van der Waals surface area contributed by atoms with Gasteiger partial charge in [-0.15, -0.1) is 0 Å². The number of nitrogens with zero attached hydrogens (tertiary/aromatic N) is 2. The number of fused-ring (bicyclic) bond motifs is 1. The Hall–Kier alpha value is -4.57. The van der Waals surface area contributed by atoms with Gasteiger partial charge in [0.15, 0.2) is 18.1 Å². The topological polar surface area (TPSA) is 105 Å². The standard InChI is InChI=1S/C32H31N3O6S/c1-3-21-8-11-25(12-9-21)33-29(36)20-41-26-13-10-22(16-27(26)40-2)17-28-31(38)35(32(39)42-28)19-30(37)34-15-14-23-6-4-5-7-24(23)18-34/h4-13,16-17H,3,14-15,18-20H2,1-2H3,(H,33,36)/b28-17-. The lowest BCUT2D eigenvalue weighted by atomic mass is 10.00. The molecule has 0 unspecified atom stereocenters. The van der Waals surface area contributed by atoms with Crippen molar-refractivity contribution in [2.45, 2.75) is 26.3 Å². The van der Waals surface area contributed by atoms with Gasteiger partial charge in [-0.25, -0.2) is 0 Å². The van der Waals surface area contributed by atoms with Gasteiger partial charge >= 0.3 is 0 Å². The normalized spacial score (nSPS) is 15.5. The molecule has 1 fully saturated rings. The molecule has 2 heterocycles. The molecule has 0 aliphatic carbocycles. The number of carbonyl (C=O) groups is 4. The number of nitrogens with one attached hydrogen (secondary N) is 1. The predicted octanol–water partition coefficient (Wildman–Crippen LogP) is 4.90. The SMILES string of the molecule is CCc1ccc(NC(=O)COc2ccc(/C=C3\SC(=O)N(CC(=O)N4CCc5ccccc5C4)C3=O)cc2OC)cc1. The summed E-state index contributed by atoms with van der Waals surface area (Å²) in [4.78, 5) is 54.0. The molecule has 9 nitrogen and oxygen atoms in total. The predicted molar refractivity (Wildman–Crippen MR) is 161 cm³/mol. The van der Waals surface area contributed by atoms with Crippen LogP contribution in [0.5, 0.6) is 11.5 Å². The second-order valence-corrected chi connectivity index (χ2v) is 10.9. The van der Waals surface area contributed by atoms with E-state index >= 15 is 0 Å². The number of thioether (sulfide) groups is 1. The fourth-order valence-electron chi connectivity index (χ4n) is 4.79. The number of ether oxygens (including phenoxy) is 2. The van der Waals surface area contributed by atoms with E-state index in [0.717, 1.165) is 35.1 Å². The van der Waals surface area contributed by atoms with Crippen molar-refractivity contribution in [1.29, 1.82) is 0 Å². The van der Waals surface area contributed by atoms with Crippen LogP contribution in [0.2, 0.25) is 0 Å². The van der Waals surface area contributed by atoms with Crippen LogP contribution < -0.4 is 14.8 Å². The van der Waals surface area contributed by atoms with E-state index in [1.54, 1.807) is 29.2 Å². The van der Waals surface area contributed by atoms with E-state index in [-0.39, 0.29) is 29.9 Å². The molecule has 216 valence electrons. The van der Waals surface area contributed by atoms with E-state index < -0.39 is 11.1 Å². The summed E-state index contributed by atoms with van der Waals surface area (Å²) in [5, 5.41) is 2.31. The molecule has 3 aromatic rings. The Labute approximate surface area is 248 Å². The lowest BCUT2D eigenvalue weighted by Gasteiger charge is -2.29. The third kappa shape index (κ3) is 6.66. The molecule has 0 saturated carbocycles. The Bertz CT molecular complexity index is 1550. The Morgan fingerprint density at radius 2 is 1.76 bits per heavy atom. The molecule has 0 spiro atoms. The third-order valence-electron chi connectivity index (χ3n) is 7.14. The molecule has 0 bridgehead atoms. The van der Waals surface area contributed by atoms with Gasteiger partial charge in [-0.3, -0.25) is 24.1 Å². The molecule has 3 aromatic carbocycles. The van der Waals surface area contributed by atoms with Crippen molar-refractivity contribution in [2.75, 3.05) is 32.1 Å². The average Bonchev–Trinajstić information content (AvgIpc) is 3.27. The van der Waals surface area contributed by atoms with Gasteiger partial charge in [-0.05, 0) is 77.2 Å². The molecule has 0 aromatic heterocycles. The van der Waals surface area contributed by atoms with Crippen LogP contribution in [0.4, 0.5) is 10.5 Å². The molecule has 10 heteroatoms. The Balaban J connectivity index is 1.19. The number of aryl methyl sites for hydroxylation is 1. The van der Waals surface area contributed by atoms with Crippen molar-refractivity contribution in [1.82, 2.24) is 9.80 Å². The zero-order valence-corrected chi connectivity index (χ0v) is 24.2. The highest BCUT2D eigenvalue weighted by Gasteiger charge is 2.37. The zero-order valence-electron chi connectivity index (χ0n) is 23.4. The molecule has 42 heavy (non-hydrogen) atoms. The van der Waals surface area contributed by atoms with Crippen molar-refractivity contribution in [3.05, 3.63) is 93.9 Å². The molecule has 4 amide bonds. The summed E-state index contributed by atoms with van der Waals surface area (Å²) in [5.41, 5.74) is 4.75. The first-order valence-electron chi connectivity index (χ1n) is 13.6. The highest BCUT2D eigenvalue weighted by molar-refractivity contribution is 8.18. The largest absolute Gasteiger partial charge is 0.493 e. The number of imide groups is 1. The molecule has 1 saturated heterocycles. The van der Waals surface area contributed by atoms with Crippen LogP contribution in [0.1, 0.15) is 29.2 Å². The van der Waals surface area contributed by atoms with Crippen LogP contribution in [0, 0.1) is 0 Å². The molecular formula is C32H31N3O6S. The number of benzene rings is 3. The summed E-state index contributed by atoms with van der Waals surface area (Å²) in [6, 6.07) is 20.5. The number of anilines is 1. The maximum Gasteiger partial charge on any atom is 0.294 e. The highest BCUT2D eigenvalue weighted by atomic mass is 32.2. The molecular weight excluding hydrogens is 554 g/mol. The monoisotopic (exact) mass is 585 g/mol. The summed E-state index contributed by atoms with van der Waals surface area (Å²) in [7, 11) is 1.47. The maximum absolute atomic E-state index is 13.1. The summed E-state index contributed by atoms with van der Waals surface area (Å²) < 4.78 is 11.1. The van der Waals surface area contributed by atoms with Crippen LogP contribution >= 0.6 is 11.8 Å². The number of hydrogen-bond donors (Lipinski definition) is 1. The Kier molecular flexibility index (Phi) is 8.92. The molecule has 0 radical (unpaired) electrons. The van der Waals surface area contributed by atoms with Crippen LogP contribution in [0.15, 0.2) is 71.6 Å². The molecule has 5 rings (SSSR count). The quantitative estimate of drug-likeness (QED) is 0.356. The maximum atomic E-state index is 13.1. The second-order valence-electron chi connectivity index (χ2n) is 9.90. The zero-order chi connectivity index (χ0) is 29.6. The van der Waals surface area contributed by atoms with Crippen molar-refractivity contribution in [3.8, 4) is 11.5 Å². The van der Waals surface area contributed by atoms with E-state index in [1.807, 2.05) is 42.5 Å². The van der Waals surface area contributed by atoms with Gasteiger partial charge in [0.25, 0.3) is 17.1 Å². The molecule has 2 aliphatic rings. The number of carbonyl (C=O) groups excluding carboxylic acids is 4. The smallest absolute Gasteiger partial charge is 0.294 e. The lowest BCUT2D eigenvalue weighted by molar-refractivity contribution is -0.136. The van der Waals surface area contributed by atoms with Crippen LogP contribution in [0.25, 0.3) is 6.08 Å². The van der Waals surface area contributed by atoms with Crippen LogP contribution in [0.3, 0.4) is 0 Å². The van der Waals surface area contributed by atoms with Gasteiger partial charge in [-0.1, -0.05) is 49.4 Å². The van der Waals surface area contributed by atoms with E-state index in [9.17, 15) is 19.2 Å². The van der Waals surface area contributed by atoms with Crippen LogP contribution in [-0.2, 0) is 33.8 Å². The number of rotatable bonds is 9. The van der Waals surface area contributed by atoms with Gasteiger partial charge in [0.2, 0.25) is 5.91 Å². The minimum absolute atomic E-state index is 0.209. The van der Waals surface area contributed by atoms with Gasteiger partial charge in [0, 0.05) is 18.8 Å². The van der Waals surface area contributed by atoms with E-state index in [4.69, 9.17) is 9.47 Å². The molecule has 1 N–H and O–H groups in total. The first-order chi connectivity index (χ1) is 20.3. The minimum atomic E-state index is -0.515. The fourth-order valence-corrected chi connectivity index (χ4v) is 5.63. The van der Waals surface area contributed by atoms with E-state index in [2.05, 4.69) is 18.3 Å². The Morgan fingerprint density at radius 1 is 1.00 bits per heavy atom.